The number of hydrogen-bond donors (Lipinski definition) is 1. The molecule has 2 heterocycles. The molecule has 0 radical (unpaired) electrons. The molecular weight excluding hydrogens is 193 g/mol. The molecule has 15 heavy (non-hydrogen) atoms. The number of fused-ring (bicyclic) bond motifs is 1. The van der Waals surface area contributed by atoms with Gasteiger partial charge < -0.3 is 9.55 Å². The third-order valence-corrected chi connectivity index (χ3v) is 2.59. The van der Waals surface area contributed by atoms with Gasteiger partial charge in [-0.2, -0.15) is 5.10 Å². The van der Waals surface area contributed by atoms with E-state index < -0.39 is 0 Å². The highest BCUT2D eigenvalue weighted by Crippen LogP contribution is 2.26. The van der Waals surface area contributed by atoms with Gasteiger partial charge in [0.2, 0.25) is 0 Å². The number of H-pyrrole nitrogens is 1. The molecule has 1 aliphatic rings. The van der Waals surface area contributed by atoms with Gasteiger partial charge in [0.25, 0.3) is 0 Å². The summed E-state index contributed by atoms with van der Waals surface area (Å²) in [6, 6.07) is 0. The van der Waals surface area contributed by atoms with E-state index in [0.717, 1.165) is 17.8 Å². The molecule has 0 amide bonds. The number of carbonyl (C=O) groups is 1. The van der Waals surface area contributed by atoms with Gasteiger partial charge in [0.15, 0.2) is 7.98 Å². The number of nitrogens with zero attached hydrogens (tertiary/aromatic N) is 2. The standard InChI is InChI=1S/C9H14BN3O2/c1-2-15-9(14)7-5-13(10)4-6-3-11-12-8(6)7/h3,7H,2,4-5,10H2,1H3,(H,11,12). The zero-order valence-corrected chi connectivity index (χ0v) is 8.99. The summed E-state index contributed by atoms with van der Waals surface area (Å²) in [5, 5.41) is 6.93. The summed E-state index contributed by atoms with van der Waals surface area (Å²) in [5.41, 5.74) is 1.92. The van der Waals surface area contributed by atoms with Crippen molar-refractivity contribution in [3.05, 3.63) is 17.5 Å². The number of hydrogen-bond acceptors (Lipinski definition) is 4. The Labute approximate surface area is 89.2 Å². The molecule has 1 unspecified atom stereocenters. The first kappa shape index (κ1) is 10.2. The molecule has 1 aromatic rings. The molecule has 1 N–H and O–H groups in total. The van der Waals surface area contributed by atoms with Crippen molar-refractivity contribution >= 4 is 14.0 Å². The summed E-state index contributed by atoms with van der Waals surface area (Å²) in [5.74, 6) is -0.428. The van der Waals surface area contributed by atoms with Crippen LogP contribution in [0.25, 0.3) is 0 Å². The molecule has 5 nitrogen and oxygen atoms in total. The second kappa shape index (κ2) is 4.06. The van der Waals surface area contributed by atoms with E-state index in [1.165, 1.54) is 0 Å². The van der Waals surface area contributed by atoms with Crippen LogP contribution in [0, 0.1) is 0 Å². The second-order valence-corrected chi connectivity index (χ2v) is 3.80. The first-order valence-electron chi connectivity index (χ1n) is 5.10. The summed E-state index contributed by atoms with van der Waals surface area (Å²) >= 11 is 0. The first-order chi connectivity index (χ1) is 7.22. The van der Waals surface area contributed by atoms with Crippen LogP contribution >= 0.6 is 0 Å². The number of aromatic nitrogens is 2. The van der Waals surface area contributed by atoms with Gasteiger partial charge in [0.05, 0.1) is 12.3 Å². The average molecular weight is 207 g/mol. The normalized spacial score (nSPS) is 21.0. The Balaban J connectivity index is 2.23. The van der Waals surface area contributed by atoms with Crippen molar-refractivity contribution in [2.45, 2.75) is 19.4 Å². The number of rotatable bonds is 2. The second-order valence-electron chi connectivity index (χ2n) is 3.80. The number of ether oxygens (including phenoxy) is 1. The molecule has 6 heteroatoms. The molecule has 1 atom stereocenters. The average Bonchev–Trinajstić information content (AvgIpc) is 2.64. The minimum Gasteiger partial charge on any atom is -0.465 e. The van der Waals surface area contributed by atoms with E-state index in [0.29, 0.717) is 13.2 Å². The van der Waals surface area contributed by atoms with Crippen LogP contribution in [-0.2, 0) is 16.1 Å². The Kier molecular flexibility index (Phi) is 2.77. The molecule has 1 aliphatic heterocycles. The fourth-order valence-corrected chi connectivity index (χ4v) is 1.94. The van der Waals surface area contributed by atoms with E-state index in [1.54, 1.807) is 0 Å². The van der Waals surface area contributed by atoms with Crippen LogP contribution in [-0.4, -0.2) is 42.1 Å². The maximum Gasteiger partial charge on any atom is 0.316 e. The van der Waals surface area contributed by atoms with Crippen molar-refractivity contribution in [3.63, 3.8) is 0 Å². The van der Waals surface area contributed by atoms with Crippen LogP contribution in [0.4, 0.5) is 0 Å². The van der Waals surface area contributed by atoms with E-state index in [9.17, 15) is 4.79 Å². The monoisotopic (exact) mass is 207 g/mol. The highest BCUT2D eigenvalue weighted by molar-refractivity contribution is 6.04. The van der Waals surface area contributed by atoms with Gasteiger partial charge in [-0.05, 0) is 6.92 Å². The predicted molar refractivity (Wildman–Crippen MR) is 56.9 cm³/mol. The van der Waals surface area contributed by atoms with E-state index >= 15 is 0 Å². The largest absolute Gasteiger partial charge is 0.465 e. The Morgan fingerprint density at radius 1 is 1.87 bits per heavy atom. The quantitative estimate of drug-likeness (QED) is 0.520. The van der Waals surface area contributed by atoms with Crippen molar-refractivity contribution < 1.29 is 9.53 Å². The highest BCUT2D eigenvalue weighted by atomic mass is 16.5. The van der Waals surface area contributed by atoms with Crippen LogP contribution in [0.15, 0.2) is 6.20 Å². The van der Waals surface area contributed by atoms with Gasteiger partial charge in [-0.25, -0.2) is 0 Å². The van der Waals surface area contributed by atoms with Gasteiger partial charge in [-0.3, -0.25) is 9.89 Å². The summed E-state index contributed by atoms with van der Waals surface area (Å²) in [6.45, 7) is 3.74. The summed E-state index contributed by atoms with van der Waals surface area (Å²) < 4.78 is 5.04. The fraction of sp³-hybridized carbons (Fsp3) is 0.556. The predicted octanol–water partition coefficient (Wildman–Crippen LogP) is -0.580. The molecule has 0 saturated heterocycles. The lowest BCUT2D eigenvalue weighted by Gasteiger charge is -2.27. The number of aromatic amines is 1. The lowest BCUT2D eigenvalue weighted by atomic mass is 9.94. The summed E-state index contributed by atoms with van der Waals surface area (Å²) in [7, 11) is 1.99. The number of nitrogens with one attached hydrogen (secondary N) is 1. The molecule has 0 aromatic carbocycles. The number of carbonyl (C=O) groups excluding carboxylic acids is 1. The molecule has 0 bridgehead atoms. The molecule has 0 saturated carbocycles. The minimum absolute atomic E-state index is 0.183. The van der Waals surface area contributed by atoms with Gasteiger partial charge >= 0.3 is 5.97 Å². The zero-order valence-electron chi connectivity index (χ0n) is 8.99. The fourth-order valence-electron chi connectivity index (χ4n) is 1.94. The molecule has 0 aliphatic carbocycles. The molecule has 80 valence electrons. The van der Waals surface area contributed by atoms with Gasteiger partial charge in [-0.15, -0.1) is 0 Å². The van der Waals surface area contributed by atoms with E-state index in [2.05, 4.69) is 15.0 Å². The van der Waals surface area contributed by atoms with Crippen molar-refractivity contribution in [3.8, 4) is 0 Å². The van der Waals surface area contributed by atoms with Crippen LogP contribution in [0.2, 0.25) is 0 Å². The summed E-state index contributed by atoms with van der Waals surface area (Å²) in [6.07, 6.45) is 1.84. The Hall–Kier alpha value is -1.30. The van der Waals surface area contributed by atoms with Crippen LogP contribution in [0.1, 0.15) is 24.1 Å². The highest BCUT2D eigenvalue weighted by Gasteiger charge is 2.31. The Morgan fingerprint density at radius 2 is 2.67 bits per heavy atom. The van der Waals surface area contributed by atoms with Crippen molar-refractivity contribution in [2.24, 2.45) is 0 Å². The maximum atomic E-state index is 11.7. The molecule has 1 aromatic heterocycles. The first-order valence-corrected chi connectivity index (χ1v) is 5.10. The summed E-state index contributed by atoms with van der Waals surface area (Å²) in [4.78, 5) is 13.8. The van der Waals surface area contributed by atoms with E-state index in [-0.39, 0.29) is 11.9 Å². The Bertz CT molecular complexity index is 366. The van der Waals surface area contributed by atoms with Gasteiger partial charge in [0, 0.05) is 24.8 Å². The molecule has 2 rings (SSSR count). The van der Waals surface area contributed by atoms with Crippen LogP contribution < -0.4 is 0 Å². The van der Waals surface area contributed by atoms with Crippen molar-refractivity contribution in [1.82, 2.24) is 15.0 Å². The third kappa shape index (κ3) is 1.90. The van der Waals surface area contributed by atoms with Crippen LogP contribution in [0.3, 0.4) is 0 Å². The topological polar surface area (TPSA) is 58.2 Å². The minimum atomic E-state index is -0.245. The Morgan fingerprint density at radius 3 is 3.40 bits per heavy atom. The van der Waals surface area contributed by atoms with Gasteiger partial charge in [0.1, 0.15) is 5.92 Å². The lowest BCUT2D eigenvalue weighted by Crippen LogP contribution is -2.35. The SMILES string of the molecule is BN1Cc2c[nH]nc2C(C(=O)OCC)C1. The smallest absolute Gasteiger partial charge is 0.316 e. The van der Waals surface area contributed by atoms with Crippen molar-refractivity contribution in [1.29, 1.82) is 0 Å². The van der Waals surface area contributed by atoms with Crippen LogP contribution in [0.5, 0.6) is 0 Å². The molecule has 0 spiro atoms. The third-order valence-electron chi connectivity index (χ3n) is 2.59. The molecule has 0 fully saturated rings. The van der Waals surface area contributed by atoms with E-state index in [1.807, 2.05) is 21.1 Å². The van der Waals surface area contributed by atoms with Crippen molar-refractivity contribution in [2.75, 3.05) is 13.2 Å². The number of esters is 1. The molecular formula is C9H14BN3O2. The lowest BCUT2D eigenvalue weighted by molar-refractivity contribution is -0.145. The zero-order chi connectivity index (χ0) is 10.8. The maximum absolute atomic E-state index is 11.7. The van der Waals surface area contributed by atoms with Gasteiger partial charge in [-0.1, -0.05) is 0 Å². The van der Waals surface area contributed by atoms with E-state index in [4.69, 9.17) is 4.74 Å².